The molecule has 2 unspecified atom stereocenters. The molecule has 2 rings (SSSR count). The molecule has 0 amide bonds. The van der Waals surface area contributed by atoms with E-state index in [-0.39, 0.29) is 11.1 Å². The lowest BCUT2D eigenvalue weighted by atomic mass is 9.79. The van der Waals surface area contributed by atoms with E-state index in [9.17, 15) is 9.50 Å². The highest BCUT2D eigenvalue weighted by Crippen LogP contribution is 2.31. The van der Waals surface area contributed by atoms with E-state index in [1.54, 1.807) is 12.1 Å². The lowest BCUT2D eigenvalue weighted by molar-refractivity contribution is 0.141. The van der Waals surface area contributed by atoms with Crippen LogP contribution in [0.3, 0.4) is 0 Å². The quantitative estimate of drug-likeness (QED) is 0.879. The number of aliphatic hydroxyl groups excluding tert-OH is 1. The van der Waals surface area contributed by atoms with Crippen LogP contribution in [0.25, 0.3) is 0 Å². The molecule has 0 saturated heterocycles. The highest BCUT2D eigenvalue weighted by atomic mass is 79.9. The summed E-state index contributed by atoms with van der Waals surface area (Å²) in [6, 6.07) is 5.13. The molecule has 2 N–H and O–H groups in total. The summed E-state index contributed by atoms with van der Waals surface area (Å²) in [5, 5.41) is 21.3. The number of aliphatic hydroxyl groups is 1. The number of halogens is 2. The monoisotopic (exact) mass is 340 g/mol. The fourth-order valence-corrected chi connectivity index (χ4v) is 3.24. The van der Waals surface area contributed by atoms with Crippen LogP contribution in [0.2, 0.25) is 0 Å². The molecule has 3 nitrogen and oxygen atoms in total. The lowest BCUT2D eigenvalue weighted by Crippen LogP contribution is -2.28. The van der Waals surface area contributed by atoms with E-state index in [1.165, 1.54) is 12.8 Å². The molecule has 0 aliphatic heterocycles. The molecule has 0 spiro atoms. The number of nitrogens with one attached hydrogen (secondary N) is 1. The van der Waals surface area contributed by atoms with Crippen molar-refractivity contribution in [1.82, 2.24) is 0 Å². The van der Waals surface area contributed by atoms with Gasteiger partial charge >= 0.3 is 0 Å². The molecule has 5 heteroatoms. The molecule has 0 heterocycles. The second-order valence-corrected chi connectivity index (χ2v) is 6.06. The van der Waals surface area contributed by atoms with Crippen LogP contribution in [0.5, 0.6) is 0 Å². The number of hydrogen-bond donors (Lipinski definition) is 2. The molecule has 1 aromatic carbocycles. The minimum Gasteiger partial charge on any atom is -0.396 e. The van der Waals surface area contributed by atoms with Gasteiger partial charge in [0.2, 0.25) is 0 Å². The molecule has 108 valence electrons. The maximum atomic E-state index is 14.1. The first-order valence-electron chi connectivity index (χ1n) is 6.90. The van der Waals surface area contributed by atoms with Gasteiger partial charge in [0, 0.05) is 13.2 Å². The number of benzene rings is 1. The Balaban J connectivity index is 2.04. The minimum atomic E-state index is -0.430. The van der Waals surface area contributed by atoms with Gasteiger partial charge in [-0.25, -0.2) is 4.39 Å². The van der Waals surface area contributed by atoms with Gasteiger partial charge in [-0.2, -0.15) is 5.26 Å². The van der Waals surface area contributed by atoms with Crippen molar-refractivity contribution in [2.75, 3.05) is 18.5 Å². The molecule has 1 aromatic rings. The van der Waals surface area contributed by atoms with E-state index in [1.807, 2.05) is 6.07 Å². The van der Waals surface area contributed by atoms with Crippen molar-refractivity contribution in [2.24, 2.45) is 11.8 Å². The first-order valence-corrected chi connectivity index (χ1v) is 7.69. The van der Waals surface area contributed by atoms with Gasteiger partial charge in [-0.1, -0.05) is 12.8 Å². The highest BCUT2D eigenvalue weighted by Gasteiger charge is 2.24. The van der Waals surface area contributed by atoms with E-state index in [0.717, 1.165) is 12.8 Å². The van der Waals surface area contributed by atoms with Crippen molar-refractivity contribution >= 4 is 21.6 Å². The SMILES string of the molecule is N#Cc1ccc(NCC2CCCCC2CO)c(F)c1Br. The van der Waals surface area contributed by atoms with E-state index in [0.29, 0.717) is 29.6 Å². The average Bonchev–Trinajstić information content (AvgIpc) is 2.49. The average molecular weight is 341 g/mol. The third-order valence-corrected chi connectivity index (χ3v) is 4.83. The van der Waals surface area contributed by atoms with Gasteiger partial charge in [-0.3, -0.25) is 0 Å². The predicted molar refractivity (Wildman–Crippen MR) is 79.8 cm³/mol. The molecule has 1 saturated carbocycles. The van der Waals surface area contributed by atoms with Gasteiger partial charge in [-0.05, 0) is 52.7 Å². The molecular formula is C15H18BrFN2O. The van der Waals surface area contributed by atoms with Crippen LogP contribution in [0, 0.1) is 29.0 Å². The lowest BCUT2D eigenvalue weighted by Gasteiger charge is -2.30. The zero-order valence-corrected chi connectivity index (χ0v) is 12.8. The van der Waals surface area contributed by atoms with Crippen LogP contribution in [0.4, 0.5) is 10.1 Å². The number of anilines is 1. The van der Waals surface area contributed by atoms with E-state index in [4.69, 9.17) is 5.26 Å². The fourth-order valence-electron chi connectivity index (χ4n) is 2.81. The molecule has 1 fully saturated rings. The summed E-state index contributed by atoms with van der Waals surface area (Å²) in [5.41, 5.74) is 0.692. The molecule has 20 heavy (non-hydrogen) atoms. The molecule has 0 aromatic heterocycles. The van der Waals surface area contributed by atoms with Crippen LogP contribution in [-0.2, 0) is 0 Å². The standard InChI is InChI=1S/C15H18BrFN2O/c16-14-10(7-18)5-6-13(15(14)17)19-8-11-3-1-2-4-12(11)9-20/h5-6,11-12,19-20H,1-4,8-9H2. The third-order valence-electron chi connectivity index (χ3n) is 4.06. The van der Waals surface area contributed by atoms with E-state index in [2.05, 4.69) is 21.2 Å². The second kappa shape index (κ2) is 7.05. The van der Waals surface area contributed by atoms with Crippen molar-refractivity contribution < 1.29 is 9.50 Å². The van der Waals surface area contributed by atoms with Gasteiger partial charge in [-0.15, -0.1) is 0 Å². The third kappa shape index (κ3) is 3.31. The summed E-state index contributed by atoms with van der Waals surface area (Å²) in [6.07, 6.45) is 4.45. The van der Waals surface area contributed by atoms with Crippen molar-refractivity contribution in [2.45, 2.75) is 25.7 Å². The van der Waals surface area contributed by atoms with Gasteiger partial charge < -0.3 is 10.4 Å². The predicted octanol–water partition coefficient (Wildman–Crippen LogP) is 3.67. The summed E-state index contributed by atoms with van der Waals surface area (Å²) in [5.74, 6) is 0.254. The number of nitriles is 1. The Morgan fingerprint density at radius 3 is 2.70 bits per heavy atom. The summed E-state index contributed by atoms with van der Waals surface area (Å²) >= 11 is 3.11. The molecular weight excluding hydrogens is 323 g/mol. The van der Waals surface area contributed by atoms with Crippen LogP contribution in [0.15, 0.2) is 16.6 Å². The van der Waals surface area contributed by atoms with Crippen LogP contribution < -0.4 is 5.32 Å². The van der Waals surface area contributed by atoms with E-state index < -0.39 is 5.82 Å². The second-order valence-electron chi connectivity index (χ2n) is 5.27. The fraction of sp³-hybridized carbons (Fsp3) is 0.533. The molecule has 1 aliphatic carbocycles. The van der Waals surface area contributed by atoms with Gasteiger partial charge in [0.05, 0.1) is 15.7 Å². The first-order chi connectivity index (χ1) is 9.67. The highest BCUT2D eigenvalue weighted by molar-refractivity contribution is 9.10. The Morgan fingerprint density at radius 1 is 1.35 bits per heavy atom. The molecule has 1 aliphatic rings. The normalized spacial score (nSPS) is 22.3. The van der Waals surface area contributed by atoms with Crippen LogP contribution in [0.1, 0.15) is 31.2 Å². The summed E-state index contributed by atoms with van der Waals surface area (Å²) in [6.45, 7) is 0.854. The smallest absolute Gasteiger partial charge is 0.161 e. The molecule has 0 radical (unpaired) electrons. The Labute approximate surface area is 126 Å². The Hall–Kier alpha value is -1.12. The number of nitrogens with zero attached hydrogens (tertiary/aromatic N) is 1. The van der Waals surface area contributed by atoms with Gasteiger partial charge in [0.15, 0.2) is 5.82 Å². The van der Waals surface area contributed by atoms with E-state index >= 15 is 0 Å². The van der Waals surface area contributed by atoms with Gasteiger partial charge in [0.1, 0.15) is 6.07 Å². The minimum absolute atomic E-state index is 0.200. The Morgan fingerprint density at radius 2 is 2.05 bits per heavy atom. The van der Waals surface area contributed by atoms with Crippen molar-refractivity contribution in [3.63, 3.8) is 0 Å². The number of rotatable bonds is 4. The largest absolute Gasteiger partial charge is 0.396 e. The van der Waals surface area contributed by atoms with Crippen molar-refractivity contribution in [3.05, 3.63) is 28.0 Å². The van der Waals surface area contributed by atoms with Crippen molar-refractivity contribution in [3.8, 4) is 6.07 Å². The van der Waals surface area contributed by atoms with Crippen LogP contribution >= 0.6 is 15.9 Å². The Kier molecular flexibility index (Phi) is 5.38. The zero-order chi connectivity index (χ0) is 14.5. The topological polar surface area (TPSA) is 56.0 Å². The Bertz CT molecular complexity index is 515. The maximum Gasteiger partial charge on any atom is 0.161 e. The first kappa shape index (κ1) is 15.3. The van der Waals surface area contributed by atoms with Gasteiger partial charge in [0.25, 0.3) is 0 Å². The van der Waals surface area contributed by atoms with Crippen molar-refractivity contribution in [1.29, 1.82) is 5.26 Å². The molecule has 0 bridgehead atoms. The summed E-state index contributed by atoms with van der Waals surface area (Å²) in [7, 11) is 0. The number of hydrogen-bond acceptors (Lipinski definition) is 3. The molecule has 2 atom stereocenters. The van der Waals surface area contributed by atoms with Crippen LogP contribution in [-0.4, -0.2) is 18.3 Å². The summed E-state index contributed by atoms with van der Waals surface area (Å²) in [4.78, 5) is 0. The zero-order valence-electron chi connectivity index (χ0n) is 11.2. The maximum absolute atomic E-state index is 14.1. The summed E-state index contributed by atoms with van der Waals surface area (Å²) < 4.78 is 14.3.